The Hall–Kier alpha value is -3.81. The van der Waals surface area contributed by atoms with Crippen molar-refractivity contribution < 1.29 is 4.92 Å². The van der Waals surface area contributed by atoms with Crippen LogP contribution in [0.3, 0.4) is 0 Å². The largest absolute Gasteiger partial charge is 0.378 e. The third kappa shape index (κ3) is 3.20. The average Bonchev–Trinajstić information content (AvgIpc) is 3.23. The number of fused-ring (bicyclic) bond motifs is 1. The first-order valence-corrected chi connectivity index (χ1v) is 8.36. The molecule has 0 spiro atoms. The number of nitro benzene ring substituents is 1. The number of anilines is 1. The minimum atomic E-state index is -0.389. The van der Waals surface area contributed by atoms with E-state index < -0.39 is 0 Å². The maximum atomic E-state index is 11.2. The van der Waals surface area contributed by atoms with Gasteiger partial charge in [-0.15, -0.1) is 0 Å². The molecule has 1 N–H and O–H groups in total. The Balaban J connectivity index is 1.62. The summed E-state index contributed by atoms with van der Waals surface area (Å²) in [5, 5.41) is 20.1. The molecule has 0 saturated heterocycles. The van der Waals surface area contributed by atoms with Crippen LogP contribution >= 0.6 is 0 Å². The number of non-ortho nitro benzene ring substituents is 1. The molecule has 4 rings (SSSR count). The normalized spacial score (nSPS) is 12.0. The highest BCUT2D eigenvalue weighted by Gasteiger charge is 2.15. The lowest BCUT2D eigenvalue weighted by molar-refractivity contribution is -0.383. The SMILES string of the molecule is CC(Nc1ccc([N+](=O)[O-])c2cnccc12)c1ccc(-n2cncn2)cc1. The Morgan fingerprint density at radius 1 is 1.07 bits per heavy atom. The Labute approximate surface area is 154 Å². The van der Waals surface area contributed by atoms with Crippen molar-refractivity contribution in [2.24, 2.45) is 0 Å². The predicted octanol–water partition coefficient (Wildman–Crippen LogP) is 3.90. The zero-order chi connectivity index (χ0) is 18.8. The van der Waals surface area contributed by atoms with E-state index >= 15 is 0 Å². The molecule has 134 valence electrons. The number of nitrogens with one attached hydrogen (secondary N) is 1. The van der Waals surface area contributed by atoms with Crippen LogP contribution in [-0.4, -0.2) is 24.7 Å². The van der Waals surface area contributed by atoms with E-state index in [0.29, 0.717) is 5.39 Å². The molecule has 0 saturated carbocycles. The summed E-state index contributed by atoms with van der Waals surface area (Å²) < 4.78 is 1.69. The lowest BCUT2D eigenvalue weighted by atomic mass is 10.1. The maximum absolute atomic E-state index is 11.2. The second-order valence-electron chi connectivity index (χ2n) is 6.11. The van der Waals surface area contributed by atoms with Gasteiger partial charge in [0, 0.05) is 35.6 Å². The van der Waals surface area contributed by atoms with Crippen LogP contribution in [0.15, 0.2) is 67.5 Å². The van der Waals surface area contributed by atoms with Crippen molar-refractivity contribution in [1.82, 2.24) is 19.7 Å². The molecule has 8 heteroatoms. The summed E-state index contributed by atoms with van der Waals surface area (Å²) in [5.41, 5.74) is 2.88. The highest BCUT2D eigenvalue weighted by Crippen LogP contribution is 2.32. The van der Waals surface area contributed by atoms with Gasteiger partial charge in [0.1, 0.15) is 12.7 Å². The summed E-state index contributed by atoms with van der Waals surface area (Å²) in [6, 6.07) is 13.0. The lowest BCUT2D eigenvalue weighted by Gasteiger charge is -2.17. The number of hydrogen-bond donors (Lipinski definition) is 1. The van der Waals surface area contributed by atoms with E-state index in [2.05, 4.69) is 20.4 Å². The zero-order valence-corrected chi connectivity index (χ0v) is 14.5. The van der Waals surface area contributed by atoms with Gasteiger partial charge in [0.25, 0.3) is 5.69 Å². The van der Waals surface area contributed by atoms with Crippen LogP contribution in [0.5, 0.6) is 0 Å². The number of benzene rings is 2. The quantitative estimate of drug-likeness (QED) is 0.428. The minimum Gasteiger partial charge on any atom is -0.378 e. The van der Waals surface area contributed by atoms with E-state index in [1.165, 1.54) is 18.6 Å². The third-order valence-corrected chi connectivity index (χ3v) is 4.44. The molecule has 2 aromatic carbocycles. The molecule has 8 nitrogen and oxygen atoms in total. The van der Waals surface area contributed by atoms with E-state index in [1.54, 1.807) is 29.3 Å². The summed E-state index contributed by atoms with van der Waals surface area (Å²) in [5.74, 6) is 0. The smallest absolute Gasteiger partial charge is 0.278 e. The van der Waals surface area contributed by atoms with Crippen LogP contribution < -0.4 is 5.32 Å². The fraction of sp³-hybridized carbons (Fsp3) is 0.105. The summed E-state index contributed by atoms with van der Waals surface area (Å²) in [4.78, 5) is 18.8. The molecule has 0 aliphatic rings. The van der Waals surface area contributed by atoms with Crippen LogP contribution in [0.1, 0.15) is 18.5 Å². The second-order valence-corrected chi connectivity index (χ2v) is 6.11. The van der Waals surface area contributed by atoms with Gasteiger partial charge in [-0.05, 0) is 36.8 Å². The molecule has 0 amide bonds. The molecule has 0 fully saturated rings. The highest BCUT2D eigenvalue weighted by atomic mass is 16.6. The third-order valence-electron chi connectivity index (χ3n) is 4.44. The van der Waals surface area contributed by atoms with Gasteiger partial charge >= 0.3 is 0 Å². The number of nitro groups is 1. The number of aromatic nitrogens is 4. The van der Waals surface area contributed by atoms with E-state index in [9.17, 15) is 10.1 Å². The van der Waals surface area contributed by atoms with Crippen LogP contribution in [0.4, 0.5) is 11.4 Å². The highest BCUT2D eigenvalue weighted by molar-refractivity contribution is 5.99. The standard InChI is InChI=1S/C19H16N6O2/c1-13(14-2-4-15(5-3-14)24-12-21-11-22-24)23-18-6-7-19(25(26)27)17-10-20-9-8-16(17)18/h2-13,23H,1H3. The predicted molar refractivity (Wildman–Crippen MR) is 102 cm³/mol. The number of pyridine rings is 1. The summed E-state index contributed by atoms with van der Waals surface area (Å²) in [6.45, 7) is 2.04. The fourth-order valence-electron chi connectivity index (χ4n) is 3.03. The molecule has 2 heterocycles. The topological polar surface area (TPSA) is 98.8 Å². The van der Waals surface area contributed by atoms with Gasteiger partial charge in [0.05, 0.1) is 16.0 Å². The van der Waals surface area contributed by atoms with Gasteiger partial charge in [0.15, 0.2) is 0 Å². The molecule has 0 radical (unpaired) electrons. The Morgan fingerprint density at radius 2 is 1.89 bits per heavy atom. The summed E-state index contributed by atoms with van der Waals surface area (Å²) >= 11 is 0. The van der Waals surface area contributed by atoms with Crippen LogP contribution in [-0.2, 0) is 0 Å². The second kappa shape index (κ2) is 6.83. The van der Waals surface area contributed by atoms with Crippen LogP contribution in [0.2, 0.25) is 0 Å². The van der Waals surface area contributed by atoms with Crippen LogP contribution in [0, 0.1) is 10.1 Å². The summed E-state index contributed by atoms with van der Waals surface area (Å²) in [6.07, 6.45) is 6.30. The Morgan fingerprint density at radius 3 is 2.59 bits per heavy atom. The first-order valence-electron chi connectivity index (χ1n) is 8.36. The lowest BCUT2D eigenvalue weighted by Crippen LogP contribution is -2.07. The van der Waals surface area contributed by atoms with Crippen molar-refractivity contribution in [2.45, 2.75) is 13.0 Å². The minimum absolute atomic E-state index is 0.00705. The fourth-order valence-corrected chi connectivity index (χ4v) is 3.03. The first kappa shape index (κ1) is 16.6. The van der Waals surface area contributed by atoms with Crippen molar-refractivity contribution in [1.29, 1.82) is 0 Å². The van der Waals surface area contributed by atoms with Crippen molar-refractivity contribution in [3.63, 3.8) is 0 Å². The van der Waals surface area contributed by atoms with Gasteiger partial charge in [-0.3, -0.25) is 15.1 Å². The Bertz CT molecular complexity index is 1090. The molecule has 4 aromatic rings. The van der Waals surface area contributed by atoms with Crippen LogP contribution in [0.25, 0.3) is 16.5 Å². The molecule has 27 heavy (non-hydrogen) atoms. The monoisotopic (exact) mass is 360 g/mol. The van der Waals surface area contributed by atoms with Crippen molar-refractivity contribution in [2.75, 3.05) is 5.32 Å². The molecule has 0 aliphatic heterocycles. The molecule has 0 bridgehead atoms. The van der Waals surface area contributed by atoms with Crippen molar-refractivity contribution in [3.05, 3.63) is 83.2 Å². The Kier molecular flexibility index (Phi) is 4.21. The molecule has 0 aliphatic carbocycles. The van der Waals surface area contributed by atoms with Crippen molar-refractivity contribution in [3.8, 4) is 5.69 Å². The number of rotatable bonds is 5. The zero-order valence-electron chi connectivity index (χ0n) is 14.5. The van der Waals surface area contributed by atoms with Crippen molar-refractivity contribution >= 4 is 22.1 Å². The molecule has 1 atom stereocenters. The van der Waals surface area contributed by atoms with E-state index in [4.69, 9.17) is 0 Å². The van der Waals surface area contributed by atoms with Gasteiger partial charge in [-0.2, -0.15) is 5.10 Å². The number of nitrogens with zero attached hydrogens (tertiary/aromatic N) is 5. The van der Waals surface area contributed by atoms with Gasteiger partial charge in [-0.25, -0.2) is 9.67 Å². The van der Waals surface area contributed by atoms with Gasteiger partial charge < -0.3 is 5.32 Å². The summed E-state index contributed by atoms with van der Waals surface area (Å²) in [7, 11) is 0. The first-order chi connectivity index (χ1) is 13.1. The molecular weight excluding hydrogens is 344 g/mol. The molecule has 1 unspecified atom stereocenters. The molecule has 2 aromatic heterocycles. The molecular formula is C19H16N6O2. The van der Waals surface area contributed by atoms with Gasteiger partial charge in [-0.1, -0.05) is 12.1 Å². The van der Waals surface area contributed by atoms with E-state index in [0.717, 1.165) is 22.3 Å². The van der Waals surface area contributed by atoms with Gasteiger partial charge in [0.2, 0.25) is 0 Å². The van der Waals surface area contributed by atoms with E-state index in [1.807, 2.05) is 31.2 Å². The maximum Gasteiger partial charge on any atom is 0.278 e. The average molecular weight is 360 g/mol. The number of hydrogen-bond acceptors (Lipinski definition) is 6. The van der Waals surface area contributed by atoms with E-state index in [-0.39, 0.29) is 16.7 Å².